The number of benzene rings is 2. The Kier molecular flexibility index (Phi) is 6.74. The largest absolute Gasteiger partial charge is 0.490 e. The molecule has 2 aromatic carbocycles. The van der Waals surface area contributed by atoms with E-state index in [1.54, 1.807) is 24.3 Å². The number of hydrogen-bond acceptors (Lipinski definition) is 4. The molecule has 0 unspecified atom stereocenters. The van der Waals surface area contributed by atoms with Crippen LogP contribution < -0.4 is 10.1 Å². The number of sulfonamides is 1. The number of ether oxygens (including phenoxy) is 1. The molecule has 0 spiro atoms. The fourth-order valence-corrected chi connectivity index (χ4v) is 4.48. The molecule has 0 aromatic heterocycles. The van der Waals surface area contributed by atoms with Crippen molar-refractivity contribution in [3.05, 3.63) is 53.0 Å². The van der Waals surface area contributed by atoms with E-state index in [0.717, 1.165) is 27.4 Å². The van der Waals surface area contributed by atoms with Gasteiger partial charge in [0.15, 0.2) is 0 Å². The smallest absolute Gasteiger partial charge is 0.243 e. The van der Waals surface area contributed by atoms with Crippen LogP contribution in [0.1, 0.15) is 25.7 Å². The lowest BCUT2D eigenvalue weighted by molar-refractivity contribution is -0.116. The second-order valence-corrected chi connectivity index (χ2v) is 9.77. The van der Waals surface area contributed by atoms with Crippen molar-refractivity contribution >= 4 is 37.5 Å². The van der Waals surface area contributed by atoms with Crippen molar-refractivity contribution in [3.8, 4) is 5.75 Å². The predicted octanol–water partition coefficient (Wildman–Crippen LogP) is 4.03. The van der Waals surface area contributed by atoms with Crippen molar-refractivity contribution in [2.75, 3.05) is 18.9 Å². The molecule has 1 fully saturated rings. The zero-order valence-electron chi connectivity index (χ0n) is 15.6. The standard InChI is InChI=1S/C20H23BrN2O4S/c1-23(28(25,26)19-12-6-15(21)7-13-19)14-20(24)22-16-8-10-18(11-9-16)27-17-4-2-3-5-17/h6-13,17H,2-5,14H2,1H3,(H,22,24). The van der Waals surface area contributed by atoms with Crippen LogP contribution in [0, 0.1) is 0 Å². The van der Waals surface area contributed by atoms with Crippen LogP contribution in [-0.4, -0.2) is 38.3 Å². The Morgan fingerprint density at radius 2 is 1.71 bits per heavy atom. The molecule has 1 aliphatic rings. The summed E-state index contributed by atoms with van der Waals surface area (Å²) in [6.07, 6.45) is 4.85. The van der Waals surface area contributed by atoms with Crippen LogP contribution in [-0.2, 0) is 14.8 Å². The van der Waals surface area contributed by atoms with Crippen molar-refractivity contribution < 1.29 is 17.9 Å². The second kappa shape index (κ2) is 9.07. The average Bonchev–Trinajstić information content (AvgIpc) is 3.16. The van der Waals surface area contributed by atoms with Crippen LogP contribution in [0.15, 0.2) is 57.9 Å². The van der Waals surface area contributed by atoms with Gasteiger partial charge in [-0.25, -0.2) is 8.42 Å². The summed E-state index contributed by atoms with van der Waals surface area (Å²) in [4.78, 5) is 12.4. The van der Waals surface area contributed by atoms with E-state index in [0.29, 0.717) is 5.69 Å². The zero-order valence-corrected chi connectivity index (χ0v) is 18.0. The zero-order chi connectivity index (χ0) is 20.1. The van der Waals surface area contributed by atoms with Gasteiger partial charge in [-0.3, -0.25) is 4.79 Å². The van der Waals surface area contributed by atoms with Crippen LogP contribution in [0.5, 0.6) is 5.75 Å². The van der Waals surface area contributed by atoms with E-state index in [4.69, 9.17) is 4.74 Å². The van der Waals surface area contributed by atoms with Crippen LogP contribution >= 0.6 is 15.9 Å². The molecule has 0 radical (unpaired) electrons. The molecule has 0 atom stereocenters. The Balaban J connectivity index is 1.56. The van der Waals surface area contributed by atoms with Gasteiger partial charge in [-0.05, 0) is 74.2 Å². The Hall–Kier alpha value is -1.90. The molecular weight excluding hydrogens is 444 g/mol. The van der Waals surface area contributed by atoms with Gasteiger partial charge in [-0.2, -0.15) is 4.31 Å². The molecular formula is C20H23BrN2O4S. The van der Waals surface area contributed by atoms with Crippen molar-refractivity contribution in [1.29, 1.82) is 0 Å². The minimum Gasteiger partial charge on any atom is -0.490 e. The number of anilines is 1. The fraction of sp³-hybridized carbons (Fsp3) is 0.350. The van der Waals surface area contributed by atoms with Gasteiger partial charge in [0.05, 0.1) is 17.5 Å². The Labute approximate surface area is 174 Å². The number of nitrogens with one attached hydrogen (secondary N) is 1. The van der Waals surface area contributed by atoms with Gasteiger partial charge < -0.3 is 10.1 Å². The monoisotopic (exact) mass is 466 g/mol. The lowest BCUT2D eigenvalue weighted by Crippen LogP contribution is -2.34. The van der Waals surface area contributed by atoms with Gasteiger partial charge in [-0.15, -0.1) is 0 Å². The fourth-order valence-electron chi connectivity index (χ4n) is 3.09. The quantitative estimate of drug-likeness (QED) is 0.667. The molecule has 0 heterocycles. The molecule has 3 rings (SSSR count). The third-order valence-corrected chi connectivity index (χ3v) is 6.98. The van der Waals surface area contributed by atoms with Crippen LogP contribution in [0.3, 0.4) is 0 Å². The first-order valence-electron chi connectivity index (χ1n) is 9.13. The van der Waals surface area contributed by atoms with Gasteiger partial charge in [0.25, 0.3) is 0 Å². The lowest BCUT2D eigenvalue weighted by atomic mass is 10.2. The number of amides is 1. The summed E-state index contributed by atoms with van der Waals surface area (Å²) in [7, 11) is -2.35. The van der Waals surface area contributed by atoms with Crippen molar-refractivity contribution in [3.63, 3.8) is 0 Å². The van der Waals surface area contributed by atoms with E-state index in [-0.39, 0.29) is 17.5 Å². The van der Waals surface area contributed by atoms with E-state index in [9.17, 15) is 13.2 Å². The minimum atomic E-state index is -3.73. The van der Waals surface area contributed by atoms with Crippen LogP contribution in [0.4, 0.5) is 5.69 Å². The third kappa shape index (κ3) is 5.33. The maximum atomic E-state index is 12.6. The van der Waals surface area contributed by atoms with Gasteiger partial charge in [0.1, 0.15) is 5.75 Å². The number of hydrogen-bond donors (Lipinski definition) is 1. The van der Waals surface area contributed by atoms with E-state index < -0.39 is 15.9 Å². The summed E-state index contributed by atoms with van der Waals surface area (Å²) in [6, 6.07) is 13.4. The minimum absolute atomic E-state index is 0.138. The normalized spacial score (nSPS) is 15.0. The number of carbonyl (C=O) groups is 1. The Bertz CT molecular complexity index is 908. The summed E-state index contributed by atoms with van der Waals surface area (Å²) >= 11 is 3.27. The van der Waals surface area contributed by atoms with E-state index >= 15 is 0 Å². The molecule has 28 heavy (non-hydrogen) atoms. The number of carbonyl (C=O) groups excluding carboxylic acids is 1. The highest BCUT2D eigenvalue weighted by atomic mass is 79.9. The molecule has 1 aliphatic carbocycles. The van der Waals surface area contributed by atoms with Crippen molar-refractivity contribution in [1.82, 2.24) is 4.31 Å². The molecule has 1 N–H and O–H groups in total. The second-order valence-electron chi connectivity index (χ2n) is 6.81. The number of halogens is 1. The van der Waals surface area contributed by atoms with Gasteiger partial charge >= 0.3 is 0 Å². The average molecular weight is 467 g/mol. The molecule has 1 amide bonds. The van der Waals surface area contributed by atoms with Crippen LogP contribution in [0.25, 0.3) is 0 Å². The highest BCUT2D eigenvalue weighted by Gasteiger charge is 2.23. The predicted molar refractivity (Wildman–Crippen MR) is 112 cm³/mol. The van der Waals surface area contributed by atoms with Gasteiger partial charge in [-0.1, -0.05) is 15.9 Å². The topological polar surface area (TPSA) is 75.7 Å². The first-order valence-corrected chi connectivity index (χ1v) is 11.4. The number of nitrogens with zero attached hydrogens (tertiary/aromatic N) is 1. The Morgan fingerprint density at radius 1 is 1.11 bits per heavy atom. The number of likely N-dealkylation sites (N-methyl/N-ethyl adjacent to an activating group) is 1. The summed E-state index contributed by atoms with van der Waals surface area (Å²) in [5.74, 6) is 0.368. The molecule has 0 aliphatic heterocycles. The maximum Gasteiger partial charge on any atom is 0.243 e. The van der Waals surface area contributed by atoms with Crippen molar-refractivity contribution in [2.45, 2.75) is 36.7 Å². The van der Waals surface area contributed by atoms with E-state index in [2.05, 4.69) is 21.2 Å². The SMILES string of the molecule is CN(CC(=O)Nc1ccc(OC2CCCC2)cc1)S(=O)(=O)c1ccc(Br)cc1. The molecule has 150 valence electrons. The highest BCUT2D eigenvalue weighted by Crippen LogP contribution is 2.25. The third-order valence-electron chi connectivity index (χ3n) is 4.63. The van der Waals surface area contributed by atoms with Crippen LogP contribution in [0.2, 0.25) is 0 Å². The molecule has 2 aromatic rings. The van der Waals surface area contributed by atoms with Gasteiger partial charge in [0.2, 0.25) is 15.9 Å². The first-order chi connectivity index (χ1) is 13.3. The summed E-state index contributed by atoms with van der Waals surface area (Å²) in [5, 5.41) is 2.72. The maximum absolute atomic E-state index is 12.6. The molecule has 8 heteroatoms. The Morgan fingerprint density at radius 3 is 2.32 bits per heavy atom. The van der Waals surface area contributed by atoms with Crippen molar-refractivity contribution in [2.24, 2.45) is 0 Å². The summed E-state index contributed by atoms with van der Waals surface area (Å²) in [6.45, 7) is -0.279. The van der Waals surface area contributed by atoms with E-state index in [1.165, 1.54) is 32.0 Å². The summed E-state index contributed by atoms with van der Waals surface area (Å²) < 4.78 is 32.8. The molecule has 6 nitrogen and oxygen atoms in total. The molecule has 0 saturated heterocycles. The first kappa shape index (κ1) is 20.8. The highest BCUT2D eigenvalue weighted by molar-refractivity contribution is 9.10. The summed E-state index contributed by atoms with van der Waals surface area (Å²) in [5.41, 5.74) is 0.596. The van der Waals surface area contributed by atoms with E-state index in [1.807, 2.05) is 12.1 Å². The molecule has 1 saturated carbocycles. The molecule has 0 bridgehead atoms. The lowest BCUT2D eigenvalue weighted by Gasteiger charge is -2.17. The van der Waals surface area contributed by atoms with Gasteiger partial charge in [0, 0.05) is 17.2 Å². The number of rotatable bonds is 7.